The number of aromatic nitrogens is 2. The molecular weight excluding hydrogens is 374 g/mol. The number of carbonyl (C=O) groups is 1. The van der Waals surface area contributed by atoms with E-state index in [1.54, 1.807) is 4.68 Å². The van der Waals surface area contributed by atoms with Gasteiger partial charge in [0.25, 0.3) is 5.91 Å². The summed E-state index contributed by atoms with van der Waals surface area (Å²) in [5.41, 5.74) is 3.33. The third-order valence-electron chi connectivity index (χ3n) is 5.93. The lowest BCUT2D eigenvalue weighted by Gasteiger charge is -2.29. The first-order valence-electron chi connectivity index (χ1n) is 9.99. The molecule has 1 aromatic carbocycles. The van der Waals surface area contributed by atoms with E-state index in [1.807, 2.05) is 42.2 Å². The molecule has 1 amide bonds. The Morgan fingerprint density at radius 3 is 2.39 bits per heavy atom. The van der Waals surface area contributed by atoms with E-state index in [0.717, 1.165) is 42.8 Å². The summed E-state index contributed by atoms with van der Waals surface area (Å²) in [5.74, 6) is 0.855. The van der Waals surface area contributed by atoms with E-state index in [2.05, 4.69) is 12.0 Å². The molecule has 6 nitrogen and oxygen atoms in total. The summed E-state index contributed by atoms with van der Waals surface area (Å²) in [5, 5.41) is 4.61. The predicted molar refractivity (Wildman–Crippen MR) is 109 cm³/mol. The number of aryl methyl sites for hydroxylation is 1. The third kappa shape index (κ3) is 3.85. The highest BCUT2D eigenvalue weighted by molar-refractivity contribution is 7.91. The quantitative estimate of drug-likeness (QED) is 0.792. The average molecular weight is 402 g/mol. The minimum absolute atomic E-state index is 0.0557. The second kappa shape index (κ2) is 7.35. The number of likely N-dealkylation sites (tertiary alicyclic amines) is 1. The fraction of sp³-hybridized carbons (Fsp3) is 0.524. The van der Waals surface area contributed by atoms with Crippen molar-refractivity contribution in [3.8, 4) is 11.3 Å². The predicted octanol–water partition coefficient (Wildman–Crippen LogP) is 3.09. The zero-order valence-corrected chi connectivity index (χ0v) is 17.3. The number of piperidine rings is 1. The summed E-state index contributed by atoms with van der Waals surface area (Å²) >= 11 is 0. The van der Waals surface area contributed by atoms with Crippen LogP contribution >= 0.6 is 0 Å². The average Bonchev–Trinajstić information content (AvgIpc) is 3.26. The van der Waals surface area contributed by atoms with Crippen LogP contribution in [0.4, 0.5) is 0 Å². The Kier molecular flexibility index (Phi) is 5.04. The third-order valence-corrected chi connectivity index (χ3v) is 7.68. The lowest BCUT2D eigenvalue weighted by Crippen LogP contribution is -2.38. The van der Waals surface area contributed by atoms with Crippen molar-refractivity contribution in [2.45, 2.75) is 39.2 Å². The maximum absolute atomic E-state index is 13.0. The molecule has 7 heteroatoms. The van der Waals surface area contributed by atoms with Crippen LogP contribution in [0, 0.1) is 12.8 Å². The molecule has 1 aromatic heterocycles. The van der Waals surface area contributed by atoms with Crippen molar-refractivity contribution in [2.75, 3.05) is 24.6 Å². The summed E-state index contributed by atoms with van der Waals surface area (Å²) in [6, 6.07) is 9.66. The highest BCUT2D eigenvalue weighted by Crippen LogP contribution is 2.31. The minimum Gasteiger partial charge on any atom is -0.337 e. The van der Waals surface area contributed by atoms with Gasteiger partial charge in [0.15, 0.2) is 15.5 Å². The van der Waals surface area contributed by atoms with Gasteiger partial charge < -0.3 is 4.90 Å². The molecule has 4 rings (SSSR count). The molecule has 1 atom stereocenters. The summed E-state index contributed by atoms with van der Waals surface area (Å²) in [6.45, 7) is 5.75. The molecule has 0 radical (unpaired) electrons. The number of hydrogen-bond donors (Lipinski definition) is 0. The van der Waals surface area contributed by atoms with Crippen molar-refractivity contribution in [1.29, 1.82) is 0 Å². The fourth-order valence-electron chi connectivity index (χ4n) is 4.06. The van der Waals surface area contributed by atoms with Crippen LogP contribution in [0.15, 0.2) is 30.3 Å². The topological polar surface area (TPSA) is 72.3 Å². The molecule has 3 heterocycles. The van der Waals surface area contributed by atoms with Crippen molar-refractivity contribution in [3.63, 3.8) is 0 Å². The molecule has 28 heavy (non-hydrogen) atoms. The van der Waals surface area contributed by atoms with E-state index < -0.39 is 9.84 Å². The van der Waals surface area contributed by atoms with E-state index in [-0.39, 0.29) is 23.5 Å². The number of carbonyl (C=O) groups excluding carboxylic acids is 1. The number of amides is 1. The number of rotatable bonds is 3. The molecule has 2 fully saturated rings. The molecular formula is C21H27N3O3S. The van der Waals surface area contributed by atoms with Gasteiger partial charge in [-0.25, -0.2) is 8.42 Å². The summed E-state index contributed by atoms with van der Waals surface area (Å²) < 4.78 is 25.8. The first-order chi connectivity index (χ1) is 13.3. The molecule has 0 unspecified atom stereocenters. The largest absolute Gasteiger partial charge is 0.337 e. The maximum atomic E-state index is 13.0. The standard InChI is InChI=1S/C21H27N3O3S/c1-15-3-5-17(6-4-15)20-13-19(21(25)23-10-7-16(2)8-11-23)22-24(20)18-9-12-28(26,27)14-18/h3-6,13,16,18H,7-12,14H2,1-2H3/t18-/m1/s1. The highest BCUT2D eigenvalue weighted by atomic mass is 32.2. The molecule has 0 aliphatic carbocycles. The van der Waals surface area contributed by atoms with Crippen molar-refractivity contribution in [1.82, 2.24) is 14.7 Å². The van der Waals surface area contributed by atoms with Crippen LogP contribution in [0.2, 0.25) is 0 Å². The monoisotopic (exact) mass is 401 g/mol. The van der Waals surface area contributed by atoms with Crippen LogP contribution in [0.3, 0.4) is 0 Å². The van der Waals surface area contributed by atoms with Crippen LogP contribution in [0.5, 0.6) is 0 Å². The van der Waals surface area contributed by atoms with Crippen LogP contribution in [0.25, 0.3) is 11.3 Å². The fourth-order valence-corrected chi connectivity index (χ4v) is 5.75. The zero-order chi connectivity index (χ0) is 19.9. The van der Waals surface area contributed by atoms with E-state index in [1.165, 1.54) is 0 Å². The molecule has 150 valence electrons. The van der Waals surface area contributed by atoms with Crippen molar-refractivity contribution < 1.29 is 13.2 Å². The Bertz CT molecular complexity index is 971. The minimum atomic E-state index is -3.04. The molecule has 0 N–H and O–H groups in total. The van der Waals surface area contributed by atoms with Crippen LogP contribution in [-0.2, 0) is 9.84 Å². The number of benzene rings is 1. The van der Waals surface area contributed by atoms with Crippen LogP contribution in [0.1, 0.15) is 48.3 Å². The van der Waals surface area contributed by atoms with Gasteiger partial charge in [0.1, 0.15) is 0 Å². The normalized spacial score (nSPS) is 22.5. The van der Waals surface area contributed by atoms with Crippen molar-refractivity contribution >= 4 is 15.7 Å². The summed E-state index contributed by atoms with van der Waals surface area (Å²) in [7, 11) is -3.04. The Labute approximate surface area is 166 Å². The van der Waals surface area contributed by atoms with E-state index in [9.17, 15) is 13.2 Å². The van der Waals surface area contributed by atoms with Crippen LogP contribution < -0.4 is 0 Å². The smallest absolute Gasteiger partial charge is 0.274 e. The first kappa shape index (κ1) is 19.2. The van der Waals surface area contributed by atoms with Gasteiger partial charge >= 0.3 is 0 Å². The Balaban J connectivity index is 1.69. The van der Waals surface area contributed by atoms with E-state index >= 15 is 0 Å². The van der Waals surface area contributed by atoms with Gasteiger partial charge in [-0.1, -0.05) is 36.8 Å². The Morgan fingerprint density at radius 1 is 1.11 bits per heavy atom. The lowest BCUT2D eigenvalue weighted by atomic mass is 9.99. The molecule has 0 bridgehead atoms. The van der Waals surface area contributed by atoms with Crippen molar-refractivity contribution in [3.05, 3.63) is 41.6 Å². The second-order valence-electron chi connectivity index (χ2n) is 8.26. The molecule has 2 aliphatic rings. The number of hydrogen-bond acceptors (Lipinski definition) is 4. The summed E-state index contributed by atoms with van der Waals surface area (Å²) in [6.07, 6.45) is 2.56. The van der Waals surface area contributed by atoms with Gasteiger partial charge in [-0.2, -0.15) is 5.10 Å². The van der Waals surface area contributed by atoms with Gasteiger partial charge in [-0.3, -0.25) is 9.48 Å². The molecule has 2 aromatic rings. The second-order valence-corrected chi connectivity index (χ2v) is 10.5. The number of nitrogens with zero attached hydrogens (tertiary/aromatic N) is 3. The van der Waals surface area contributed by atoms with Gasteiger partial charge in [0, 0.05) is 13.1 Å². The lowest BCUT2D eigenvalue weighted by molar-refractivity contribution is 0.0690. The van der Waals surface area contributed by atoms with Gasteiger partial charge in [-0.15, -0.1) is 0 Å². The summed E-state index contributed by atoms with van der Waals surface area (Å²) in [4.78, 5) is 14.9. The van der Waals surface area contributed by atoms with E-state index in [0.29, 0.717) is 18.0 Å². The Hall–Kier alpha value is -2.15. The van der Waals surface area contributed by atoms with E-state index in [4.69, 9.17) is 0 Å². The molecule has 2 saturated heterocycles. The van der Waals surface area contributed by atoms with Crippen LogP contribution in [-0.4, -0.2) is 53.6 Å². The van der Waals surface area contributed by atoms with Gasteiger partial charge in [0.05, 0.1) is 23.2 Å². The molecule has 0 spiro atoms. The SMILES string of the molecule is Cc1ccc(-c2cc(C(=O)N3CCC(C)CC3)nn2[C@@H]2CCS(=O)(=O)C2)cc1. The van der Waals surface area contributed by atoms with Gasteiger partial charge in [0.2, 0.25) is 0 Å². The molecule has 0 saturated carbocycles. The first-order valence-corrected chi connectivity index (χ1v) is 11.8. The Morgan fingerprint density at radius 2 is 1.79 bits per heavy atom. The van der Waals surface area contributed by atoms with Gasteiger partial charge in [-0.05, 0) is 43.7 Å². The molecule has 2 aliphatic heterocycles. The highest BCUT2D eigenvalue weighted by Gasteiger charge is 2.33. The zero-order valence-electron chi connectivity index (χ0n) is 16.5. The number of sulfone groups is 1. The van der Waals surface area contributed by atoms with Crippen molar-refractivity contribution in [2.24, 2.45) is 5.92 Å². The maximum Gasteiger partial charge on any atom is 0.274 e.